The van der Waals surface area contributed by atoms with Crippen LogP contribution in [0.1, 0.15) is 30.4 Å². The summed E-state index contributed by atoms with van der Waals surface area (Å²) in [6, 6.07) is 12.3. The van der Waals surface area contributed by atoms with Gasteiger partial charge in [-0.1, -0.05) is 25.1 Å². The third kappa shape index (κ3) is 3.12. The van der Waals surface area contributed by atoms with Crippen LogP contribution in [0.15, 0.2) is 41.8 Å². The topological polar surface area (TPSA) is 35.2 Å². The number of rotatable bonds is 5. The Labute approximate surface area is 112 Å². The Balaban J connectivity index is 2.13. The standard InChI is InChI=1S/C15H19NOS/c1-3-12-6-8-13(9-7-12)17-15(11(2)16)14-5-4-10-18-14/h4-11,15H,3,16H2,1-2H3. The molecule has 0 aliphatic heterocycles. The lowest BCUT2D eigenvalue weighted by atomic mass is 10.1. The van der Waals surface area contributed by atoms with Gasteiger partial charge in [-0.15, -0.1) is 11.3 Å². The van der Waals surface area contributed by atoms with Crippen molar-refractivity contribution in [2.75, 3.05) is 0 Å². The third-order valence-electron chi connectivity index (χ3n) is 2.90. The molecule has 1 aromatic carbocycles. The lowest BCUT2D eigenvalue weighted by molar-refractivity contribution is 0.184. The maximum absolute atomic E-state index is 6.01. The van der Waals surface area contributed by atoms with Crippen LogP contribution in [0.2, 0.25) is 0 Å². The second-order valence-corrected chi connectivity index (χ2v) is 5.39. The Hall–Kier alpha value is -1.32. The maximum Gasteiger partial charge on any atom is 0.148 e. The SMILES string of the molecule is CCc1ccc(OC(c2cccs2)C(C)N)cc1. The van der Waals surface area contributed by atoms with Gasteiger partial charge in [-0.3, -0.25) is 0 Å². The number of benzene rings is 1. The molecule has 0 aliphatic carbocycles. The first-order chi connectivity index (χ1) is 8.70. The van der Waals surface area contributed by atoms with E-state index in [2.05, 4.69) is 25.1 Å². The zero-order chi connectivity index (χ0) is 13.0. The Morgan fingerprint density at radius 3 is 2.44 bits per heavy atom. The molecule has 2 nitrogen and oxygen atoms in total. The van der Waals surface area contributed by atoms with Crippen LogP contribution in [-0.4, -0.2) is 6.04 Å². The fraction of sp³-hybridized carbons (Fsp3) is 0.333. The molecule has 2 rings (SSSR count). The molecule has 18 heavy (non-hydrogen) atoms. The Morgan fingerprint density at radius 2 is 1.94 bits per heavy atom. The Bertz CT molecular complexity index is 462. The van der Waals surface area contributed by atoms with E-state index >= 15 is 0 Å². The van der Waals surface area contributed by atoms with Crippen molar-refractivity contribution >= 4 is 11.3 Å². The number of hydrogen-bond donors (Lipinski definition) is 1. The van der Waals surface area contributed by atoms with Crippen molar-refractivity contribution in [3.8, 4) is 5.75 Å². The van der Waals surface area contributed by atoms with Gasteiger partial charge in [-0.2, -0.15) is 0 Å². The molecule has 2 N–H and O–H groups in total. The van der Waals surface area contributed by atoms with Gasteiger partial charge in [0.15, 0.2) is 0 Å². The normalized spacial score (nSPS) is 14.2. The number of ether oxygens (including phenoxy) is 1. The van der Waals surface area contributed by atoms with E-state index in [1.54, 1.807) is 11.3 Å². The molecule has 0 bridgehead atoms. The molecule has 2 aromatic rings. The minimum atomic E-state index is -0.0718. The minimum absolute atomic E-state index is 0.0329. The van der Waals surface area contributed by atoms with Gasteiger partial charge in [-0.05, 0) is 42.5 Å². The van der Waals surface area contributed by atoms with E-state index in [4.69, 9.17) is 10.5 Å². The van der Waals surface area contributed by atoms with E-state index < -0.39 is 0 Å². The molecule has 0 aliphatic rings. The minimum Gasteiger partial charge on any atom is -0.483 e. The van der Waals surface area contributed by atoms with Crippen molar-refractivity contribution in [2.45, 2.75) is 32.4 Å². The predicted octanol–water partition coefficient (Wildman–Crippen LogP) is 3.78. The molecular weight excluding hydrogens is 242 g/mol. The van der Waals surface area contributed by atoms with Gasteiger partial charge in [0.1, 0.15) is 11.9 Å². The summed E-state index contributed by atoms with van der Waals surface area (Å²) < 4.78 is 6.01. The molecule has 0 fully saturated rings. The van der Waals surface area contributed by atoms with Crippen molar-refractivity contribution in [1.29, 1.82) is 0 Å². The fourth-order valence-corrected chi connectivity index (χ4v) is 2.70. The van der Waals surface area contributed by atoms with Crippen molar-refractivity contribution in [2.24, 2.45) is 5.73 Å². The predicted molar refractivity (Wildman–Crippen MR) is 77.2 cm³/mol. The van der Waals surface area contributed by atoms with Crippen LogP contribution in [0.3, 0.4) is 0 Å². The highest BCUT2D eigenvalue weighted by molar-refractivity contribution is 7.10. The van der Waals surface area contributed by atoms with Crippen LogP contribution in [0.4, 0.5) is 0 Å². The first kappa shape index (κ1) is 13.1. The number of nitrogens with two attached hydrogens (primary N) is 1. The molecule has 2 unspecified atom stereocenters. The monoisotopic (exact) mass is 261 g/mol. The average Bonchev–Trinajstić information content (AvgIpc) is 2.90. The number of thiophene rings is 1. The molecule has 0 amide bonds. The number of aryl methyl sites for hydroxylation is 1. The van der Waals surface area contributed by atoms with Crippen LogP contribution in [0.25, 0.3) is 0 Å². The molecule has 1 heterocycles. The molecule has 0 saturated heterocycles. The van der Waals surface area contributed by atoms with Gasteiger partial charge in [0.25, 0.3) is 0 Å². The summed E-state index contributed by atoms with van der Waals surface area (Å²) in [5, 5.41) is 2.05. The molecular formula is C15H19NOS. The summed E-state index contributed by atoms with van der Waals surface area (Å²) in [4.78, 5) is 1.17. The lowest BCUT2D eigenvalue weighted by Crippen LogP contribution is -2.28. The first-order valence-electron chi connectivity index (χ1n) is 6.25. The van der Waals surface area contributed by atoms with E-state index in [-0.39, 0.29) is 12.1 Å². The highest BCUT2D eigenvalue weighted by atomic mass is 32.1. The first-order valence-corrected chi connectivity index (χ1v) is 7.13. The van der Waals surface area contributed by atoms with E-state index in [0.717, 1.165) is 12.2 Å². The summed E-state index contributed by atoms with van der Waals surface area (Å²) in [5.74, 6) is 0.878. The Morgan fingerprint density at radius 1 is 1.22 bits per heavy atom. The molecule has 0 spiro atoms. The van der Waals surface area contributed by atoms with E-state index in [0.29, 0.717) is 0 Å². The smallest absolute Gasteiger partial charge is 0.148 e. The van der Waals surface area contributed by atoms with Crippen molar-refractivity contribution in [3.63, 3.8) is 0 Å². The van der Waals surface area contributed by atoms with Gasteiger partial charge in [0.2, 0.25) is 0 Å². The quantitative estimate of drug-likeness (QED) is 0.889. The van der Waals surface area contributed by atoms with Crippen LogP contribution >= 0.6 is 11.3 Å². The average molecular weight is 261 g/mol. The van der Waals surface area contributed by atoms with Crippen molar-refractivity contribution < 1.29 is 4.74 Å². The third-order valence-corrected chi connectivity index (χ3v) is 3.83. The van der Waals surface area contributed by atoms with E-state index in [9.17, 15) is 0 Å². The van der Waals surface area contributed by atoms with Crippen molar-refractivity contribution in [3.05, 3.63) is 52.2 Å². The van der Waals surface area contributed by atoms with Crippen molar-refractivity contribution in [1.82, 2.24) is 0 Å². The second kappa shape index (κ2) is 6.03. The summed E-state index contributed by atoms with van der Waals surface area (Å²) in [5.41, 5.74) is 7.33. The maximum atomic E-state index is 6.01. The second-order valence-electron chi connectivity index (χ2n) is 4.41. The van der Waals surface area contributed by atoms with Gasteiger partial charge in [0.05, 0.1) is 0 Å². The summed E-state index contributed by atoms with van der Waals surface area (Å²) >= 11 is 1.68. The highest BCUT2D eigenvalue weighted by Gasteiger charge is 2.19. The molecule has 2 atom stereocenters. The largest absolute Gasteiger partial charge is 0.483 e. The zero-order valence-electron chi connectivity index (χ0n) is 10.8. The zero-order valence-corrected chi connectivity index (χ0v) is 11.6. The molecule has 96 valence electrons. The molecule has 1 aromatic heterocycles. The van der Waals surface area contributed by atoms with Gasteiger partial charge >= 0.3 is 0 Å². The van der Waals surface area contributed by atoms with Crippen LogP contribution in [-0.2, 0) is 6.42 Å². The van der Waals surface area contributed by atoms with E-state index in [1.165, 1.54) is 10.4 Å². The van der Waals surface area contributed by atoms with Crippen LogP contribution in [0, 0.1) is 0 Å². The highest BCUT2D eigenvalue weighted by Crippen LogP contribution is 2.27. The van der Waals surface area contributed by atoms with Gasteiger partial charge in [-0.25, -0.2) is 0 Å². The van der Waals surface area contributed by atoms with Gasteiger partial charge < -0.3 is 10.5 Å². The molecule has 0 radical (unpaired) electrons. The Kier molecular flexibility index (Phi) is 4.39. The molecule has 3 heteroatoms. The summed E-state index contributed by atoms with van der Waals surface area (Å²) in [6.07, 6.45) is 0.972. The van der Waals surface area contributed by atoms with Gasteiger partial charge in [0, 0.05) is 10.9 Å². The molecule has 0 saturated carbocycles. The summed E-state index contributed by atoms with van der Waals surface area (Å²) in [6.45, 7) is 4.12. The lowest BCUT2D eigenvalue weighted by Gasteiger charge is -2.21. The van der Waals surface area contributed by atoms with Crippen LogP contribution in [0.5, 0.6) is 5.75 Å². The summed E-state index contributed by atoms with van der Waals surface area (Å²) in [7, 11) is 0. The van der Waals surface area contributed by atoms with Crippen LogP contribution < -0.4 is 10.5 Å². The van der Waals surface area contributed by atoms with E-state index in [1.807, 2.05) is 30.5 Å². The fourth-order valence-electron chi connectivity index (χ4n) is 1.83. The number of hydrogen-bond acceptors (Lipinski definition) is 3.